The summed E-state index contributed by atoms with van der Waals surface area (Å²) in [6.07, 6.45) is 1.06. The van der Waals surface area contributed by atoms with Gasteiger partial charge in [-0.15, -0.1) is 0 Å². The van der Waals surface area contributed by atoms with Gasteiger partial charge in [-0.05, 0) is 36.7 Å². The van der Waals surface area contributed by atoms with Gasteiger partial charge in [0.05, 0.1) is 8.48 Å². The fourth-order valence-electron chi connectivity index (χ4n) is 1.72. The van der Waals surface area contributed by atoms with E-state index in [9.17, 15) is 0 Å². The Morgan fingerprint density at radius 2 is 2.38 bits per heavy atom. The Kier molecular flexibility index (Phi) is 1.92. The highest BCUT2D eigenvalue weighted by atomic mass is 16.5. The molecule has 0 unspecified atom stereocenters. The number of nitrogens with zero attached hydrogens (tertiary/aromatic N) is 1. The van der Waals surface area contributed by atoms with E-state index in [1.165, 1.54) is 11.1 Å². The van der Waals surface area contributed by atoms with E-state index in [1.54, 1.807) is 7.11 Å². The van der Waals surface area contributed by atoms with Crippen molar-refractivity contribution in [3.63, 3.8) is 0 Å². The molecule has 1 aromatic rings. The predicted molar refractivity (Wildman–Crippen MR) is 53.0 cm³/mol. The van der Waals surface area contributed by atoms with Crippen molar-refractivity contribution in [2.24, 2.45) is 0 Å². The largest absolute Gasteiger partial charge is 0.497 e. The van der Waals surface area contributed by atoms with Gasteiger partial charge in [0.25, 0.3) is 0 Å². The lowest BCUT2D eigenvalue weighted by Crippen LogP contribution is -2.26. The highest BCUT2D eigenvalue weighted by molar-refractivity contribution is 5.36. The van der Waals surface area contributed by atoms with Crippen molar-refractivity contribution >= 4 is 0 Å². The number of hydrogen-bond acceptors (Lipinski definition) is 2. The van der Waals surface area contributed by atoms with Gasteiger partial charge in [-0.2, -0.15) is 0 Å². The molecule has 0 aliphatic carbocycles. The van der Waals surface area contributed by atoms with Gasteiger partial charge in [-0.25, -0.2) is 0 Å². The van der Waals surface area contributed by atoms with Crippen molar-refractivity contribution < 1.29 is 6.11 Å². The van der Waals surface area contributed by atoms with Gasteiger partial charge in [-0.3, -0.25) is 0 Å². The molecule has 0 N–H and O–H groups in total. The summed E-state index contributed by atoms with van der Waals surface area (Å²) in [5.41, 5.74) is 2.60. The molecule has 2 rings (SSSR count). The molecule has 1 aliphatic rings. The van der Waals surface area contributed by atoms with Crippen LogP contribution in [0.4, 0.5) is 0 Å². The summed E-state index contributed by atoms with van der Waals surface area (Å²) in [5.74, 6) is 0.688. The normalized spacial score (nSPS) is 17.8. The zero-order valence-electron chi connectivity index (χ0n) is 9.13. The van der Waals surface area contributed by atoms with E-state index in [4.69, 9.17) is 6.11 Å². The Bertz CT molecular complexity index is 351. The van der Waals surface area contributed by atoms with Crippen molar-refractivity contribution in [2.45, 2.75) is 13.0 Å². The maximum atomic E-state index is 7.73. The van der Waals surface area contributed by atoms with E-state index in [0.29, 0.717) is 11.8 Å². The zero-order valence-corrected chi connectivity index (χ0v) is 8.13. The van der Waals surface area contributed by atoms with Crippen molar-refractivity contribution in [3.8, 4) is 5.75 Å². The third kappa shape index (κ3) is 1.68. The number of hydrogen-bond donors (Lipinski definition) is 0. The molecule has 0 aromatic heterocycles. The SMILES string of the molecule is [2H]c1cc2c(cc1OC)CCN(C)C2. The monoisotopic (exact) mass is 178 g/mol. The Hall–Kier alpha value is -1.02. The van der Waals surface area contributed by atoms with E-state index in [-0.39, 0.29) is 0 Å². The van der Waals surface area contributed by atoms with Crippen LogP contribution in [0, 0.1) is 0 Å². The molecule has 0 spiro atoms. The molecular weight excluding hydrogens is 162 g/mol. The van der Waals surface area contributed by atoms with Gasteiger partial charge in [0.2, 0.25) is 0 Å². The summed E-state index contributed by atoms with van der Waals surface area (Å²) in [7, 11) is 3.73. The fraction of sp³-hybridized carbons (Fsp3) is 0.455. The molecule has 0 bridgehead atoms. The van der Waals surface area contributed by atoms with E-state index >= 15 is 0 Å². The fourth-order valence-corrected chi connectivity index (χ4v) is 1.72. The van der Waals surface area contributed by atoms with Crippen molar-refractivity contribution in [1.82, 2.24) is 4.90 Å². The summed E-state index contributed by atoms with van der Waals surface area (Å²) in [6.45, 7) is 2.04. The van der Waals surface area contributed by atoms with Gasteiger partial charge >= 0.3 is 0 Å². The smallest absolute Gasteiger partial charge is 0.119 e. The maximum absolute atomic E-state index is 7.73. The van der Waals surface area contributed by atoms with Gasteiger partial charge in [0.1, 0.15) is 5.75 Å². The van der Waals surface area contributed by atoms with Gasteiger partial charge in [0.15, 0.2) is 0 Å². The first-order valence-corrected chi connectivity index (χ1v) is 4.55. The second-order valence-electron chi connectivity index (χ2n) is 3.54. The molecule has 1 aromatic carbocycles. The second-order valence-corrected chi connectivity index (χ2v) is 3.54. The van der Waals surface area contributed by atoms with Crippen LogP contribution < -0.4 is 4.74 Å². The minimum atomic E-state index is 0.488. The molecule has 0 saturated heterocycles. The first kappa shape index (κ1) is 7.39. The predicted octanol–water partition coefficient (Wildman–Crippen LogP) is 1.68. The molecular formula is C11H15NO. The first-order chi connectivity index (χ1) is 6.70. The Morgan fingerprint density at radius 3 is 3.15 bits per heavy atom. The van der Waals surface area contributed by atoms with Crippen LogP contribution in [0.2, 0.25) is 0 Å². The van der Waals surface area contributed by atoms with Crippen LogP contribution >= 0.6 is 0 Å². The second kappa shape index (κ2) is 3.38. The third-order valence-electron chi connectivity index (χ3n) is 2.53. The zero-order chi connectivity index (χ0) is 10.1. The minimum absolute atomic E-state index is 0.488. The topological polar surface area (TPSA) is 12.5 Å². The molecule has 0 atom stereocenters. The summed E-state index contributed by atoms with van der Waals surface area (Å²) >= 11 is 0. The van der Waals surface area contributed by atoms with Crippen LogP contribution in [0.1, 0.15) is 12.5 Å². The Balaban J connectivity index is 2.40. The third-order valence-corrected chi connectivity index (χ3v) is 2.53. The van der Waals surface area contributed by atoms with Crippen LogP contribution in [-0.2, 0) is 13.0 Å². The van der Waals surface area contributed by atoms with Crippen molar-refractivity contribution in [2.75, 3.05) is 20.7 Å². The van der Waals surface area contributed by atoms with Crippen molar-refractivity contribution in [1.29, 1.82) is 0 Å². The highest BCUT2D eigenvalue weighted by Crippen LogP contribution is 2.22. The first-order valence-electron chi connectivity index (χ1n) is 5.05. The molecule has 0 amide bonds. The van der Waals surface area contributed by atoms with Crippen molar-refractivity contribution in [3.05, 3.63) is 29.3 Å². The van der Waals surface area contributed by atoms with Gasteiger partial charge in [-0.1, -0.05) is 6.07 Å². The summed E-state index contributed by atoms with van der Waals surface area (Å²) in [5, 5.41) is 0. The average molecular weight is 178 g/mol. The number of rotatable bonds is 1. The number of benzene rings is 1. The highest BCUT2D eigenvalue weighted by Gasteiger charge is 2.12. The number of likely N-dealkylation sites (N-methyl/N-ethyl adjacent to an activating group) is 1. The molecule has 13 heavy (non-hydrogen) atoms. The Labute approximate surface area is 80.5 Å². The van der Waals surface area contributed by atoms with Crippen LogP contribution in [0.25, 0.3) is 0 Å². The van der Waals surface area contributed by atoms with E-state index in [2.05, 4.69) is 11.9 Å². The molecule has 0 fully saturated rings. The molecule has 0 saturated carbocycles. The summed E-state index contributed by atoms with van der Waals surface area (Å²) in [6, 6.07) is 4.41. The lowest BCUT2D eigenvalue weighted by atomic mass is 10.00. The number of methoxy groups -OCH3 is 1. The van der Waals surface area contributed by atoms with E-state index in [0.717, 1.165) is 19.5 Å². The number of fused-ring (bicyclic) bond motifs is 1. The van der Waals surface area contributed by atoms with Crippen LogP contribution in [0.5, 0.6) is 5.75 Å². The van der Waals surface area contributed by atoms with Gasteiger partial charge < -0.3 is 9.64 Å². The van der Waals surface area contributed by atoms with E-state index in [1.807, 2.05) is 12.1 Å². The molecule has 1 heterocycles. The molecule has 2 nitrogen and oxygen atoms in total. The number of ether oxygens (including phenoxy) is 1. The van der Waals surface area contributed by atoms with Gasteiger partial charge in [0, 0.05) is 13.1 Å². The van der Waals surface area contributed by atoms with E-state index < -0.39 is 0 Å². The molecule has 0 radical (unpaired) electrons. The molecule has 2 heteroatoms. The standard InChI is InChI=1S/C11H15NO/c1-12-6-5-9-7-11(13-2)4-3-10(9)8-12/h3-4,7H,5-6,8H2,1-2H3/i4D. The Morgan fingerprint density at radius 1 is 1.54 bits per heavy atom. The molecule has 1 aliphatic heterocycles. The average Bonchev–Trinajstić information content (AvgIpc) is 2.16. The summed E-state index contributed by atoms with van der Waals surface area (Å²) < 4.78 is 12.9. The summed E-state index contributed by atoms with van der Waals surface area (Å²) in [4.78, 5) is 2.27. The lowest BCUT2D eigenvalue weighted by Gasteiger charge is -2.25. The van der Waals surface area contributed by atoms with Crippen LogP contribution in [0.15, 0.2) is 18.2 Å². The maximum Gasteiger partial charge on any atom is 0.119 e. The van der Waals surface area contributed by atoms with Crippen LogP contribution in [0.3, 0.4) is 0 Å². The molecule has 70 valence electrons. The quantitative estimate of drug-likeness (QED) is 0.648. The lowest BCUT2D eigenvalue weighted by molar-refractivity contribution is 0.312. The van der Waals surface area contributed by atoms with Crippen LogP contribution in [-0.4, -0.2) is 25.6 Å². The minimum Gasteiger partial charge on any atom is -0.497 e.